The van der Waals surface area contributed by atoms with Crippen LogP contribution in [0.4, 0.5) is 0 Å². The monoisotopic (exact) mass is 416 g/mol. The minimum Gasteiger partial charge on any atom is -0.452 e. The van der Waals surface area contributed by atoms with E-state index in [9.17, 15) is 19.2 Å². The molecule has 0 fully saturated rings. The third-order valence-corrected chi connectivity index (χ3v) is 4.10. The van der Waals surface area contributed by atoms with Crippen LogP contribution in [-0.2, 0) is 14.3 Å². The van der Waals surface area contributed by atoms with Crippen LogP contribution in [0.3, 0.4) is 0 Å². The van der Waals surface area contributed by atoms with Crippen molar-refractivity contribution in [2.24, 2.45) is 0 Å². The van der Waals surface area contributed by atoms with Crippen molar-refractivity contribution >= 4 is 35.2 Å². The molecule has 2 rings (SSSR count). The highest BCUT2D eigenvalue weighted by molar-refractivity contribution is 6.30. The molecule has 2 amide bonds. The van der Waals surface area contributed by atoms with E-state index in [0.29, 0.717) is 17.1 Å². The molecule has 8 heteroatoms. The average molecular weight is 417 g/mol. The molecule has 0 atom stereocenters. The Morgan fingerprint density at radius 1 is 0.897 bits per heavy atom. The highest BCUT2D eigenvalue weighted by Crippen LogP contribution is 2.17. The molecule has 0 bridgehead atoms. The summed E-state index contributed by atoms with van der Waals surface area (Å²) in [5, 5.41) is 5.46. The number of ketones is 1. The van der Waals surface area contributed by atoms with E-state index >= 15 is 0 Å². The predicted octanol–water partition coefficient (Wildman–Crippen LogP) is 2.37. The molecule has 2 aromatic rings. The Morgan fingerprint density at radius 2 is 1.55 bits per heavy atom. The second-order valence-corrected chi connectivity index (χ2v) is 6.52. The zero-order valence-corrected chi connectivity index (χ0v) is 16.6. The van der Waals surface area contributed by atoms with Gasteiger partial charge < -0.3 is 15.4 Å². The van der Waals surface area contributed by atoms with Gasteiger partial charge in [0.2, 0.25) is 5.91 Å². The second-order valence-electron chi connectivity index (χ2n) is 6.08. The molecule has 29 heavy (non-hydrogen) atoms. The Morgan fingerprint density at radius 3 is 2.21 bits per heavy atom. The minimum atomic E-state index is -0.812. The molecule has 0 spiro atoms. The summed E-state index contributed by atoms with van der Waals surface area (Å²) in [5.74, 6) is -2.13. The molecule has 0 aliphatic carbocycles. The summed E-state index contributed by atoms with van der Waals surface area (Å²) in [6.45, 7) is 1.65. The number of esters is 1. The van der Waals surface area contributed by atoms with Crippen molar-refractivity contribution in [3.63, 3.8) is 0 Å². The van der Waals surface area contributed by atoms with Gasteiger partial charge in [-0.15, -0.1) is 0 Å². The number of halogens is 1. The summed E-state index contributed by atoms with van der Waals surface area (Å²) in [5.41, 5.74) is 0.561. The topological polar surface area (TPSA) is 102 Å². The first kappa shape index (κ1) is 22.1. The maximum atomic E-state index is 12.7. The summed E-state index contributed by atoms with van der Waals surface area (Å²) in [6, 6.07) is 12.4. The van der Waals surface area contributed by atoms with Gasteiger partial charge in [-0.3, -0.25) is 14.4 Å². The van der Waals surface area contributed by atoms with E-state index < -0.39 is 18.5 Å². The Hall–Kier alpha value is -3.19. The summed E-state index contributed by atoms with van der Waals surface area (Å²) in [6.07, 6.45) is 0.783. The third kappa shape index (κ3) is 6.73. The van der Waals surface area contributed by atoms with Crippen molar-refractivity contribution < 1.29 is 23.9 Å². The van der Waals surface area contributed by atoms with Crippen molar-refractivity contribution in [3.05, 3.63) is 70.2 Å². The molecule has 152 valence electrons. The number of carbonyl (C=O) groups excluding carboxylic acids is 4. The molecule has 0 aromatic heterocycles. The van der Waals surface area contributed by atoms with Crippen molar-refractivity contribution in [3.8, 4) is 0 Å². The van der Waals surface area contributed by atoms with E-state index in [1.807, 2.05) is 6.92 Å². The van der Waals surface area contributed by atoms with Gasteiger partial charge in [0, 0.05) is 22.7 Å². The molecule has 0 aliphatic rings. The molecule has 2 aromatic carbocycles. The van der Waals surface area contributed by atoms with Crippen LogP contribution in [0.25, 0.3) is 0 Å². The number of rotatable bonds is 9. The van der Waals surface area contributed by atoms with Gasteiger partial charge in [-0.05, 0) is 36.8 Å². The lowest BCUT2D eigenvalue weighted by atomic mass is 9.98. The number of carbonyl (C=O) groups is 4. The zero-order chi connectivity index (χ0) is 21.2. The van der Waals surface area contributed by atoms with Gasteiger partial charge in [-0.2, -0.15) is 0 Å². The third-order valence-electron chi connectivity index (χ3n) is 3.85. The predicted molar refractivity (Wildman–Crippen MR) is 108 cm³/mol. The number of nitrogens with one attached hydrogen (secondary N) is 2. The van der Waals surface area contributed by atoms with E-state index in [1.165, 1.54) is 12.1 Å². The lowest BCUT2D eigenvalue weighted by molar-refractivity contribution is -0.127. The quantitative estimate of drug-likeness (QED) is 0.482. The smallest absolute Gasteiger partial charge is 0.339 e. The molecular formula is C21H21ClN2O5. The van der Waals surface area contributed by atoms with E-state index in [-0.39, 0.29) is 29.4 Å². The van der Waals surface area contributed by atoms with Gasteiger partial charge in [0.15, 0.2) is 12.4 Å². The highest BCUT2D eigenvalue weighted by Gasteiger charge is 2.20. The molecule has 0 unspecified atom stereocenters. The van der Waals surface area contributed by atoms with Crippen molar-refractivity contribution in [2.75, 3.05) is 19.7 Å². The largest absolute Gasteiger partial charge is 0.452 e. The fourth-order valence-electron chi connectivity index (χ4n) is 2.38. The summed E-state index contributed by atoms with van der Waals surface area (Å²) in [4.78, 5) is 48.3. The van der Waals surface area contributed by atoms with Gasteiger partial charge in [-0.1, -0.05) is 36.7 Å². The number of hydrogen-bond acceptors (Lipinski definition) is 5. The van der Waals surface area contributed by atoms with Gasteiger partial charge in [0.1, 0.15) is 0 Å². The highest BCUT2D eigenvalue weighted by atomic mass is 35.5. The Labute approximate surface area is 173 Å². The zero-order valence-electron chi connectivity index (χ0n) is 15.9. The lowest BCUT2D eigenvalue weighted by Crippen LogP contribution is -2.39. The van der Waals surface area contributed by atoms with Crippen molar-refractivity contribution in [2.45, 2.75) is 13.3 Å². The maximum absolute atomic E-state index is 12.7. The number of amides is 2. The molecule has 0 saturated heterocycles. The van der Waals surface area contributed by atoms with Crippen LogP contribution in [0.5, 0.6) is 0 Å². The SMILES string of the molecule is CCCNC(=O)CNC(=O)COC(=O)c1ccccc1C(=O)c1ccc(Cl)cc1. The number of benzene rings is 2. The van der Waals surface area contributed by atoms with Crippen LogP contribution in [0.2, 0.25) is 5.02 Å². The lowest BCUT2D eigenvalue weighted by Gasteiger charge is -2.10. The summed E-state index contributed by atoms with van der Waals surface area (Å²) < 4.78 is 4.99. The van der Waals surface area contributed by atoms with Crippen LogP contribution in [0.15, 0.2) is 48.5 Å². The molecule has 7 nitrogen and oxygen atoms in total. The van der Waals surface area contributed by atoms with Crippen LogP contribution in [0.1, 0.15) is 39.6 Å². The summed E-state index contributed by atoms with van der Waals surface area (Å²) >= 11 is 5.84. The van der Waals surface area contributed by atoms with Crippen molar-refractivity contribution in [1.82, 2.24) is 10.6 Å². The molecule has 0 heterocycles. The summed E-state index contributed by atoms with van der Waals surface area (Å²) in [7, 11) is 0. The Kier molecular flexibility index (Phi) is 8.36. The fraction of sp³-hybridized carbons (Fsp3) is 0.238. The molecule has 0 aliphatic heterocycles. The number of hydrogen-bond donors (Lipinski definition) is 2. The Bertz CT molecular complexity index is 896. The second kappa shape index (κ2) is 11.0. The minimum absolute atomic E-state index is 0.0425. The van der Waals surface area contributed by atoms with E-state index in [4.69, 9.17) is 16.3 Å². The maximum Gasteiger partial charge on any atom is 0.339 e. The van der Waals surface area contributed by atoms with E-state index in [1.54, 1.807) is 36.4 Å². The van der Waals surface area contributed by atoms with Crippen LogP contribution in [-0.4, -0.2) is 43.3 Å². The van der Waals surface area contributed by atoms with E-state index in [0.717, 1.165) is 6.42 Å². The van der Waals surface area contributed by atoms with Gasteiger partial charge in [0.05, 0.1) is 12.1 Å². The first-order valence-electron chi connectivity index (χ1n) is 9.02. The van der Waals surface area contributed by atoms with Gasteiger partial charge >= 0.3 is 5.97 Å². The Balaban J connectivity index is 1.97. The van der Waals surface area contributed by atoms with Crippen LogP contribution < -0.4 is 10.6 Å². The van der Waals surface area contributed by atoms with Crippen LogP contribution >= 0.6 is 11.6 Å². The standard InChI is InChI=1S/C21H21ClN2O5/c1-2-11-23-18(25)12-24-19(26)13-29-21(28)17-6-4-3-5-16(17)20(27)14-7-9-15(22)10-8-14/h3-10H,2,11-13H2,1H3,(H,23,25)(H,24,26). The van der Waals surface area contributed by atoms with Gasteiger partial charge in [-0.25, -0.2) is 4.79 Å². The fourth-order valence-corrected chi connectivity index (χ4v) is 2.51. The van der Waals surface area contributed by atoms with Crippen LogP contribution in [0, 0.1) is 0 Å². The normalized spacial score (nSPS) is 10.1. The molecule has 0 radical (unpaired) electrons. The molecule has 2 N–H and O–H groups in total. The number of ether oxygens (including phenoxy) is 1. The molecule has 0 saturated carbocycles. The van der Waals surface area contributed by atoms with Gasteiger partial charge in [0.25, 0.3) is 5.91 Å². The average Bonchev–Trinajstić information content (AvgIpc) is 2.74. The molecular weight excluding hydrogens is 396 g/mol. The van der Waals surface area contributed by atoms with Crippen molar-refractivity contribution in [1.29, 1.82) is 0 Å². The first-order valence-corrected chi connectivity index (χ1v) is 9.40. The van der Waals surface area contributed by atoms with E-state index in [2.05, 4.69) is 10.6 Å². The first-order chi connectivity index (χ1) is 13.9.